The Bertz CT molecular complexity index is 898. The van der Waals surface area contributed by atoms with Crippen LogP contribution in [0.5, 0.6) is 0 Å². The van der Waals surface area contributed by atoms with Gasteiger partial charge in [0.05, 0.1) is 11.1 Å². The molecule has 3 nitrogen and oxygen atoms in total. The van der Waals surface area contributed by atoms with E-state index >= 15 is 0 Å². The predicted octanol–water partition coefficient (Wildman–Crippen LogP) is 4.00. The predicted molar refractivity (Wildman–Crippen MR) is 96.2 cm³/mol. The number of hydrogen-bond acceptors (Lipinski definition) is 2. The minimum Gasteiger partial charge on any atom is -0.351 e. The van der Waals surface area contributed by atoms with Crippen LogP contribution in [-0.2, 0) is 5.41 Å². The minimum absolute atomic E-state index is 0.0149. The number of nitrogens with zero attached hydrogens (tertiary/aromatic N) is 1. The SMILES string of the molecule is Cc1cc(C(=O)NCC2(c3ccccc3)CC2)c2ccccc2n1. The van der Waals surface area contributed by atoms with Crippen LogP contribution in [0, 0.1) is 6.92 Å². The van der Waals surface area contributed by atoms with Crippen molar-refractivity contribution in [3.05, 3.63) is 77.5 Å². The van der Waals surface area contributed by atoms with Gasteiger partial charge < -0.3 is 5.32 Å². The second-order valence-corrected chi connectivity index (χ2v) is 6.66. The monoisotopic (exact) mass is 316 g/mol. The summed E-state index contributed by atoms with van der Waals surface area (Å²) in [7, 11) is 0. The van der Waals surface area contributed by atoms with E-state index in [0.29, 0.717) is 12.1 Å². The number of rotatable bonds is 4. The summed E-state index contributed by atoms with van der Waals surface area (Å²) in [5.41, 5.74) is 3.88. The third kappa shape index (κ3) is 2.67. The third-order valence-electron chi connectivity index (χ3n) is 4.92. The number of aromatic nitrogens is 1. The first kappa shape index (κ1) is 14.9. The lowest BCUT2D eigenvalue weighted by Crippen LogP contribution is -2.32. The van der Waals surface area contributed by atoms with Crippen molar-refractivity contribution in [3.8, 4) is 0 Å². The van der Waals surface area contributed by atoms with E-state index in [4.69, 9.17) is 0 Å². The van der Waals surface area contributed by atoms with Crippen LogP contribution in [0.3, 0.4) is 0 Å². The Labute approximate surface area is 141 Å². The van der Waals surface area contributed by atoms with Crippen LogP contribution in [0.15, 0.2) is 60.7 Å². The maximum Gasteiger partial charge on any atom is 0.252 e. The van der Waals surface area contributed by atoms with E-state index in [1.54, 1.807) is 0 Å². The lowest BCUT2D eigenvalue weighted by molar-refractivity contribution is 0.0951. The highest BCUT2D eigenvalue weighted by Gasteiger charge is 2.44. The number of para-hydroxylation sites is 1. The molecule has 1 heterocycles. The van der Waals surface area contributed by atoms with Crippen molar-refractivity contribution in [2.75, 3.05) is 6.54 Å². The molecule has 0 bridgehead atoms. The number of pyridine rings is 1. The van der Waals surface area contributed by atoms with Crippen LogP contribution < -0.4 is 5.32 Å². The Morgan fingerprint density at radius 3 is 2.54 bits per heavy atom. The average Bonchev–Trinajstić information content (AvgIpc) is 3.41. The van der Waals surface area contributed by atoms with E-state index < -0.39 is 0 Å². The highest BCUT2D eigenvalue weighted by molar-refractivity contribution is 6.06. The molecule has 1 aliphatic rings. The number of fused-ring (bicyclic) bond motifs is 1. The Morgan fingerprint density at radius 1 is 1.08 bits per heavy atom. The number of benzene rings is 2. The maximum absolute atomic E-state index is 12.8. The average molecular weight is 316 g/mol. The molecule has 24 heavy (non-hydrogen) atoms. The lowest BCUT2D eigenvalue weighted by Gasteiger charge is -2.17. The zero-order chi connectivity index (χ0) is 16.6. The molecule has 0 unspecified atom stereocenters. The highest BCUT2D eigenvalue weighted by atomic mass is 16.1. The molecule has 0 saturated heterocycles. The van der Waals surface area contributed by atoms with Gasteiger partial charge in [0.1, 0.15) is 0 Å². The van der Waals surface area contributed by atoms with Gasteiger partial charge in [0.15, 0.2) is 0 Å². The molecule has 4 rings (SSSR count). The lowest BCUT2D eigenvalue weighted by atomic mass is 9.96. The molecule has 1 N–H and O–H groups in total. The van der Waals surface area contributed by atoms with E-state index in [2.05, 4.69) is 34.6 Å². The van der Waals surface area contributed by atoms with E-state index in [1.807, 2.05) is 43.3 Å². The quantitative estimate of drug-likeness (QED) is 0.790. The summed E-state index contributed by atoms with van der Waals surface area (Å²) >= 11 is 0. The molecule has 120 valence electrons. The van der Waals surface area contributed by atoms with Gasteiger partial charge in [-0.15, -0.1) is 0 Å². The molecule has 1 amide bonds. The molecular weight excluding hydrogens is 296 g/mol. The molecule has 3 heteroatoms. The smallest absolute Gasteiger partial charge is 0.252 e. The topological polar surface area (TPSA) is 42.0 Å². The third-order valence-corrected chi connectivity index (χ3v) is 4.92. The van der Waals surface area contributed by atoms with Crippen molar-refractivity contribution >= 4 is 16.8 Å². The molecule has 0 spiro atoms. The first-order valence-corrected chi connectivity index (χ1v) is 8.38. The zero-order valence-corrected chi connectivity index (χ0v) is 13.8. The Balaban J connectivity index is 1.58. The van der Waals surface area contributed by atoms with E-state index in [1.165, 1.54) is 5.56 Å². The van der Waals surface area contributed by atoms with Gasteiger partial charge in [0.2, 0.25) is 0 Å². The van der Waals surface area contributed by atoms with Gasteiger partial charge >= 0.3 is 0 Å². The number of hydrogen-bond donors (Lipinski definition) is 1. The van der Waals surface area contributed by atoms with Gasteiger partial charge in [-0.05, 0) is 37.5 Å². The van der Waals surface area contributed by atoms with Crippen LogP contribution in [0.2, 0.25) is 0 Å². The first-order valence-electron chi connectivity index (χ1n) is 8.38. The van der Waals surface area contributed by atoms with Crippen molar-refractivity contribution in [2.24, 2.45) is 0 Å². The number of nitrogens with one attached hydrogen (secondary N) is 1. The van der Waals surface area contributed by atoms with Crippen LogP contribution >= 0.6 is 0 Å². The normalized spacial score (nSPS) is 15.2. The largest absolute Gasteiger partial charge is 0.351 e. The summed E-state index contributed by atoms with van der Waals surface area (Å²) in [5.74, 6) is -0.0149. The molecule has 0 radical (unpaired) electrons. The Kier molecular flexibility index (Phi) is 3.57. The molecule has 0 atom stereocenters. The minimum atomic E-state index is -0.0149. The summed E-state index contributed by atoms with van der Waals surface area (Å²) in [4.78, 5) is 17.3. The van der Waals surface area contributed by atoms with Crippen molar-refractivity contribution in [2.45, 2.75) is 25.2 Å². The highest BCUT2D eigenvalue weighted by Crippen LogP contribution is 2.47. The van der Waals surface area contributed by atoms with Crippen molar-refractivity contribution in [1.82, 2.24) is 10.3 Å². The summed E-state index contributed by atoms with van der Waals surface area (Å²) < 4.78 is 0. The summed E-state index contributed by atoms with van der Waals surface area (Å²) in [5, 5.41) is 4.06. The molecule has 1 aliphatic carbocycles. The van der Waals surface area contributed by atoms with Gasteiger partial charge in [-0.1, -0.05) is 48.5 Å². The van der Waals surface area contributed by atoms with E-state index in [9.17, 15) is 4.79 Å². The van der Waals surface area contributed by atoms with Crippen molar-refractivity contribution in [3.63, 3.8) is 0 Å². The standard InChI is InChI=1S/C21H20N2O/c1-15-13-18(17-9-5-6-10-19(17)23-15)20(24)22-14-21(11-12-21)16-7-3-2-4-8-16/h2-10,13H,11-12,14H2,1H3,(H,22,24). The molecule has 1 fully saturated rings. The van der Waals surface area contributed by atoms with E-state index in [-0.39, 0.29) is 11.3 Å². The van der Waals surface area contributed by atoms with Crippen molar-refractivity contribution in [1.29, 1.82) is 0 Å². The summed E-state index contributed by atoms with van der Waals surface area (Å²) in [6, 6.07) is 20.2. The van der Waals surface area contributed by atoms with Crippen LogP contribution in [0.1, 0.15) is 34.5 Å². The van der Waals surface area contributed by atoms with Gasteiger partial charge in [-0.2, -0.15) is 0 Å². The number of carbonyl (C=O) groups is 1. The summed E-state index contributed by atoms with van der Waals surface area (Å²) in [6.45, 7) is 2.61. The van der Waals surface area contributed by atoms with Crippen LogP contribution in [0.4, 0.5) is 0 Å². The van der Waals surface area contributed by atoms with Gasteiger partial charge in [-0.3, -0.25) is 9.78 Å². The van der Waals surface area contributed by atoms with Crippen molar-refractivity contribution < 1.29 is 4.79 Å². The first-order chi connectivity index (χ1) is 11.7. The molecule has 3 aromatic rings. The fourth-order valence-electron chi connectivity index (χ4n) is 3.35. The number of aryl methyl sites for hydroxylation is 1. The second-order valence-electron chi connectivity index (χ2n) is 6.66. The van der Waals surface area contributed by atoms with Gasteiger partial charge in [0, 0.05) is 23.0 Å². The van der Waals surface area contributed by atoms with Crippen LogP contribution in [0.25, 0.3) is 10.9 Å². The number of amides is 1. The fraction of sp³-hybridized carbons (Fsp3) is 0.238. The maximum atomic E-state index is 12.8. The van der Waals surface area contributed by atoms with E-state index in [0.717, 1.165) is 29.4 Å². The fourth-order valence-corrected chi connectivity index (χ4v) is 3.35. The summed E-state index contributed by atoms with van der Waals surface area (Å²) in [6.07, 6.45) is 2.26. The molecule has 2 aromatic carbocycles. The molecule has 1 aromatic heterocycles. The molecule has 0 aliphatic heterocycles. The van der Waals surface area contributed by atoms with Crippen LogP contribution in [-0.4, -0.2) is 17.4 Å². The van der Waals surface area contributed by atoms with Gasteiger partial charge in [-0.25, -0.2) is 0 Å². The van der Waals surface area contributed by atoms with Gasteiger partial charge in [0.25, 0.3) is 5.91 Å². The second kappa shape index (κ2) is 5.75. The Hall–Kier alpha value is -2.68. The number of carbonyl (C=O) groups excluding carboxylic acids is 1. The molecule has 1 saturated carbocycles. The zero-order valence-electron chi connectivity index (χ0n) is 13.8. The Morgan fingerprint density at radius 2 is 1.79 bits per heavy atom. The molecular formula is C21H20N2O.